The van der Waals surface area contributed by atoms with E-state index < -0.39 is 10.0 Å². The second-order valence-electron chi connectivity index (χ2n) is 8.61. The Morgan fingerprint density at radius 2 is 1.59 bits per heavy atom. The van der Waals surface area contributed by atoms with Crippen LogP contribution in [0.15, 0.2) is 72.8 Å². The van der Waals surface area contributed by atoms with Crippen molar-refractivity contribution in [3.8, 4) is 0 Å². The van der Waals surface area contributed by atoms with Gasteiger partial charge in [0.05, 0.1) is 34.6 Å². The summed E-state index contributed by atoms with van der Waals surface area (Å²) in [6.45, 7) is 4.30. The number of halogens is 2. The molecule has 0 radical (unpaired) electrons. The minimum absolute atomic E-state index is 0.0563. The molecule has 180 valence electrons. The number of carbonyl (C=O) groups excluding carboxylic acids is 1. The van der Waals surface area contributed by atoms with Crippen LogP contribution in [0.2, 0.25) is 10.0 Å². The Hall–Kier alpha value is -2.54. The number of rotatable bonds is 9. The number of hydrogen-bond acceptors (Lipinski definition) is 3. The summed E-state index contributed by atoms with van der Waals surface area (Å²) in [4.78, 5) is 13.0. The zero-order valence-electron chi connectivity index (χ0n) is 19.3. The summed E-state index contributed by atoms with van der Waals surface area (Å²) >= 11 is 12.4. The van der Waals surface area contributed by atoms with Gasteiger partial charge in [-0.05, 0) is 47.7 Å². The zero-order valence-corrected chi connectivity index (χ0v) is 21.7. The number of anilines is 1. The number of hydrogen-bond donors (Lipinski definition) is 1. The van der Waals surface area contributed by atoms with Gasteiger partial charge in [0.2, 0.25) is 10.0 Å². The van der Waals surface area contributed by atoms with E-state index in [4.69, 9.17) is 23.2 Å². The molecule has 0 heterocycles. The lowest BCUT2D eigenvalue weighted by molar-refractivity contribution is 0.0932. The number of carbonyl (C=O) groups is 1. The van der Waals surface area contributed by atoms with Crippen LogP contribution in [0.25, 0.3) is 0 Å². The van der Waals surface area contributed by atoms with Gasteiger partial charge >= 0.3 is 0 Å². The summed E-state index contributed by atoms with van der Waals surface area (Å²) in [6, 6.07) is 21.5. The van der Waals surface area contributed by atoms with E-state index in [-0.39, 0.29) is 28.5 Å². The summed E-state index contributed by atoms with van der Waals surface area (Å²) in [7, 11) is -3.63. The molecule has 0 saturated heterocycles. The van der Waals surface area contributed by atoms with Crippen molar-refractivity contribution in [3.63, 3.8) is 0 Å². The average Bonchev–Trinajstić information content (AvgIpc) is 2.79. The smallest absolute Gasteiger partial charge is 0.251 e. The lowest BCUT2D eigenvalue weighted by atomic mass is 9.96. The average molecular weight is 519 g/mol. The van der Waals surface area contributed by atoms with Gasteiger partial charge in [-0.1, -0.05) is 85.6 Å². The number of amides is 1. The fourth-order valence-corrected chi connectivity index (χ4v) is 5.01. The molecule has 0 aliphatic rings. The molecule has 3 aromatic carbocycles. The van der Waals surface area contributed by atoms with Crippen molar-refractivity contribution < 1.29 is 13.2 Å². The predicted molar refractivity (Wildman–Crippen MR) is 140 cm³/mol. The minimum atomic E-state index is -3.63. The van der Waals surface area contributed by atoms with Crippen molar-refractivity contribution in [2.75, 3.05) is 10.6 Å². The third kappa shape index (κ3) is 6.75. The van der Waals surface area contributed by atoms with Gasteiger partial charge in [0.1, 0.15) is 0 Å². The van der Waals surface area contributed by atoms with Crippen LogP contribution in [-0.2, 0) is 16.6 Å². The first-order valence-electron chi connectivity index (χ1n) is 10.9. The molecule has 1 N–H and O–H groups in total. The Labute approximate surface area is 211 Å². The molecule has 0 unspecified atom stereocenters. The molecule has 34 heavy (non-hydrogen) atoms. The first-order valence-corrected chi connectivity index (χ1v) is 13.5. The van der Waals surface area contributed by atoms with Crippen LogP contribution in [-0.4, -0.2) is 20.6 Å². The molecular weight excluding hydrogens is 491 g/mol. The molecule has 1 amide bonds. The highest BCUT2D eigenvalue weighted by atomic mass is 35.5. The van der Waals surface area contributed by atoms with Gasteiger partial charge in [0.15, 0.2) is 0 Å². The van der Waals surface area contributed by atoms with Crippen molar-refractivity contribution >= 4 is 44.8 Å². The van der Waals surface area contributed by atoms with E-state index in [2.05, 4.69) is 19.2 Å². The Morgan fingerprint density at radius 3 is 2.18 bits per heavy atom. The Morgan fingerprint density at radius 1 is 0.941 bits per heavy atom. The maximum absolute atomic E-state index is 13.0. The van der Waals surface area contributed by atoms with Crippen molar-refractivity contribution in [1.82, 2.24) is 5.32 Å². The minimum Gasteiger partial charge on any atom is -0.345 e. The van der Waals surface area contributed by atoms with Crippen LogP contribution in [0, 0.1) is 5.92 Å². The molecule has 0 spiro atoms. The number of nitrogens with one attached hydrogen (secondary N) is 1. The van der Waals surface area contributed by atoms with Crippen molar-refractivity contribution in [2.24, 2.45) is 5.92 Å². The molecule has 5 nitrogen and oxygen atoms in total. The molecule has 3 rings (SSSR count). The third-order valence-corrected chi connectivity index (χ3v) is 7.29. The summed E-state index contributed by atoms with van der Waals surface area (Å²) in [5.74, 6) is 0.229. The Balaban J connectivity index is 1.79. The Kier molecular flexibility index (Phi) is 8.63. The largest absolute Gasteiger partial charge is 0.345 e. The van der Waals surface area contributed by atoms with Gasteiger partial charge in [-0.3, -0.25) is 9.10 Å². The van der Waals surface area contributed by atoms with Gasteiger partial charge in [0.25, 0.3) is 5.91 Å². The number of benzene rings is 3. The topological polar surface area (TPSA) is 66.5 Å². The molecule has 0 saturated carbocycles. The van der Waals surface area contributed by atoms with E-state index in [1.54, 1.807) is 42.5 Å². The normalized spacial score (nSPS) is 12.4. The van der Waals surface area contributed by atoms with E-state index in [0.717, 1.165) is 18.2 Å². The molecule has 3 aromatic rings. The lowest BCUT2D eigenvalue weighted by Gasteiger charge is -2.24. The maximum Gasteiger partial charge on any atom is 0.251 e. The summed E-state index contributed by atoms with van der Waals surface area (Å²) in [5.41, 5.74) is 2.57. The van der Waals surface area contributed by atoms with Gasteiger partial charge < -0.3 is 5.32 Å². The zero-order chi connectivity index (χ0) is 24.9. The van der Waals surface area contributed by atoms with Crippen LogP contribution < -0.4 is 9.62 Å². The maximum atomic E-state index is 13.0. The summed E-state index contributed by atoms with van der Waals surface area (Å²) < 4.78 is 26.2. The van der Waals surface area contributed by atoms with Crippen LogP contribution in [0.4, 0.5) is 5.69 Å². The van der Waals surface area contributed by atoms with E-state index in [9.17, 15) is 13.2 Å². The summed E-state index contributed by atoms with van der Waals surface area (Å²) in [6.07, 6.45) is 1.93. The third-order valence-electron chi connectivity index (χ3n) is 5.36. The van der Waals surface area contributed by atoms with E-state index in [0.29, 0.717) is 22.7 Å². The van der Waals surface area contributed by atoms with E-state index in [1.807, 2.05) is 30.3 Å². The highest BCUT2D eigenvalue weighted by Crippen LogP contribution is 2.34. The molecule has 0 aromatic heterocycles. The molecule has 0 aliphatic heterocycles. The lowest BCUT2D eigenvalue weighted by Crippen LogP contribution is -2.30. The Bertz CT molecular complexity index is 1230. The van der Waals surface area contributed by atoms with Crippen LogP contribution in [0.3, 0.4) is 0 Å². The second-order valence-corrected chi connectivity index (χ2v) is 11.3. The molecular formula is C26H28Cl2N2O3S. The second kappa shape index (κ2) is 11.3. The number of sulfonamides is 1. The monoisotopic (exact) mass is 518 g/mol. The molecule has 1 atom stereocenters. The van der Waals surface area contributed by atoms with E-state index in [1.165, 1.54) is 4.31 Å². The SMILES string of the molecule is CC(C)C[C@H](NC(=O)c1ccc(CN(c2cccc(Cl)c2Cl)S(C)(=O)=O)cc1)c1ccccc1. The van der Waals surface area contributed by atoms with Gasteiger partial charge in [0, 0.05) is 5.56 Å². The first-order chi connectivity index (χ1) is 16.1. The molecule has 0 fully saturated rings. The van der Waals surface area contributed by atoms with Crippen molar-refractivity contribution in [1.29, 1.82) is 0 Å². The molecule has 0 aliphatic carbocycles. The fraction of sp³-hybridized carbons (Fsp3) is 0.269. The van der Waals surface area contributed by atoms with Gasteiger partial charge in [-0.2, -0.15) is 0 Å². The predicted octanol–water partition coefficient (Wildman–Crippen LogP) is 6.48. The first kappa shape index (κ1) is 26.1. The highest BCUT2D eigenvalue weighted by Gasteiger charge is 2.22. The quantitative estimate of drug-likeness (QED) is 0.352. The molecule has 8 heteroatoms. The van der Waals surface area contributed by atoms with Crippen molar-refractivity contribution in [2.45, 2.75) is 32.9 Å². The number of nitrogens with zero attached hydrogens (tertiary/aromatic N) is 1. The van der Waals surface area contributed by atoms with Crippen molar-refractivity contribution in [3.05, 3.63) is 99.5 Å². The van der Waals surface area contributed by atoms with E-state index >= 15 is 0 Å². The van der Waals surface area contributed by atoms with Crippen LogP contribution in [0.1, 0.15) is 47.8 Å². The molecule has 0 bridgehead atoms. The van der Waals surface area contributed by atoms with Gasteiger partial charge in [-0.15, -0.1) is 0 Å². The highest BCUT2D eigenvalue weighted by molar-refractivity contribution is 7.92. The summed E-state index contributed by atoms with van der Waals surface area (Å²) in [5, 5.41) is 3.57. The van der Waals surface area contributed by atoms with Gasteiger partial charge in [-0.25, -0.2) is 8.42 Å². The standard InChI is InChI=1S/C26H28Cl2N2O3S/c1-18(2)16-23(20-8-5-4-6-9-20)29-26(31)21-14-12-19(13-15-21)17-30(34(3,32)33)24-11-7-10-22(27)25(24)28/h4-15,18,23H,16-17H2,1-3H3,(H,29,31)/t23-/m0/s1. The van der Waals surface area contributed by atoms with Crippen LogP contribution in [0.5, 0.6) is 0 Å². The van der Waals surface area contributed by atoms with Crippen LogP contribution >= 0.6 is 23.2 Å². The fourth-order valence-electron chi connectivity index (χ4n) is 3.67.